The molecule has 2 saturated heterocycles. The number of hydrogen-bond donors (Lipinski definition) is 2. The molecule has 0 unspecified atom stereocenters. The number of rotatable bonds is 7. The molecule has 2 fully saturated rings. The van der Waals surface area contributed by atoms with Crippen molar-refractivity contribution in [2.24, 2.45) is 4.99 Å². The summed E-state index contributed by atoms with van der Waals surface area (Å²) in [7, 11) is 0. The predicted molar refractivity (Wildman–Crippen MR) is 133 cm³/mol. The minimum atomic E-state index is 0. The van der Waals surface area contributed by atoms with Crippen LogP contribution in [-0.4, -0.2) is 68.2 Å². The fraction of sp³-hybridized carbons (Fsp3) is 0.636. The summed E-state index contributed by atoms with van der Waals surface area (Å²) in [5.41, 5.74) is 2.15. The molecule has 168 valence electrons. The molecule has 0 radical (unpaired) electrons. The molecule has 8 heteroatoms. The molecule has 30 heavy (non-hydrogen) atoms. The number of nitrogens with one attached hydrogen (secondary N) is 2. The lowest BCUT2D eigenvalue weighted by atomic mass is 10.0. The summed E-state index contributed by atoms with van der Waals surface area (Å²) in [5.74, 6) is 1.05. The van der Waals surface area contributed by atoms with Crippen molar-refractivity contribution in [1.29, 1.82) is 0 Å². The molecule has 0 spiro atoms. The van der Waals surface area contributed by atoms with E-state index in [9.17, 15) is 4.79 Å². The summed E-state index contributed by atoms with van der Waals surface area (Å²) >= 11 is 0. The van der Waals surface area contributed by atoms with E-state index in [4.69, 9.17) is 9.73 Å². The van der Waals surface area contributed by atoms with Gasteiger partial charge in [-0.25, -0.2) is 4.99 Å². The minimum Gasteiger partial charge on any atom is -0.379 e. The largest absolute Gasteiger partial charge is 0.379 e. The maximum Gasteiger partial charge on any atom is 0.227 e. The summed E-state index contributed by atoms with van der Waals surface area (Å²) in [6.45, 7) is 13.2. The van der Waals surface area contributed by atoms with E-state index >= 15 is 0 Å². The molecule has 1 amide bonds. The minimum absolute atomic E-state index is 0. The molecule has 2 aliphatic heterocycles. The first-order chi connectivity index (χ1) is 14.0. The number of nitrogens with zero attached hydrogens (tertiary/aromatic N) is 3. The van der Waals surface area contributed by atoms with Gasteiger partial charge in [0, 0.05) is 50.4 Å². The molecule has 0 bridgehead atoms. The topological polar surface area (TPSA) is 69.2 Å². The molecule has 2 N–H and O–H groups in total. The standard InChI is InChI=1S/C22H35N5O2.HI/c1-4-23-21(25-17-22(2,3)26-12-14-29-15-13-26)24-16-18-7-9-19(10-8-18)27-11-5-6-20(27)28;/h7-10H,4-6,11-17H2,1-3H3,(H2,23,24,25);1H. The molecule has 7 nitrogen and oxygen atoms in total. The lowest BCUT2D eigenvalue weighted by Gasteiger charge is -2.41. The van der Waals surface area contributed by atoms with Crippen molar-refractivity contribution in [3.05, 3.63) is 29.8 Å². The third-order valence-corrected chi connectivity index (χ3v) is 5.64. The lowest BCUT2D eigenvalue weighted by Crippen LogP contribution is -2.56. The monoisotopic (exact) mass is 529 g/mol. The van der Waals surface area contributed by atoms with Crippen molar-refractivity contribution in [3.63, 3.8) is 0 Å². The number of carbonyl (C=O) groups is 1. The van der Waals surface area contributed by atoms with E-state index in [0.29, 0.717) is 13.0 Å². The second kappa shape index (κ2) is 11.9. The van der Waals surface area contributed by atoms with Gasteiger partial charge in [-0.15, -0.1) is 24.0 Å². The van der Waals surface area contributed by atoms with Crippen molar-refractivity contribution in [2.45, 2.75) is 45.7 Å². The van der Waals surface area contributed by atoms with Gasteiger partial charge in [-0.05, 0) is 44.9 Å². The number of amides is 1. The third-order valence-electron chi connectivity index (χ3n) is 5.64. The van der Waals surface area contributed by atoms with E-state index in [1.165, 1.54) is 0 Å². The molecule has 2 heterocycles. The van der Waals surface area contributed by atoms with Crippen LogP contribution in [0.2, 0.25) is 0 Å². The molecule has 0 saturated carbocycles. The number of aliphatic imine (C=N–C) groups is 1. The zero-order chi connectivity index (χ0) is 20.7. The van der Waals surface area contributed by atoms with Crippen LogP contribution in [0.4, 0.5) is 5.69 Å². The van der Waals surface area contributed by atoms with Gasteiger partial charge in [0.05, 0.1) is 19.8 Å². The molecule has 0 aliphatic carbocycles. The van der Waals surface area contributed by atoms with Gasteiger partial charge in [-0.3, -0.25) is 9.69 Å². The molecular formula is C22H36IN5O2. The third kappa shape index (κ3) is 6.81. The fourth-order valence-electron chi connectivity index (χ4n) is 3.80. The van der Waals surface area contributed by atoms with Gasteiger partial charge in [0.2, 0.25) is 5.91 Å². The Hall–Kier alpha value is -1.39. The number of guanidine groups is 1. The summed E-state index contributed by atoms with van der Waals surface area (Å²) in [6.07, 6.45) is 1.61. The summed E-state index contributed by atoms with van der Waals surface area (Å²) in [4.78, 5) is 21.0. The Labute approximate surface area is 197 Å². The first-order valence-corrected chi connectivity index (χ1v) is 10.7. The summed E-state index contributed by atoms with van der Waals surface area (Å²) in [5, 5.41) is 6.83. The smallest absolute Gasteiger partial charge is 0.227 e. The number of ether oxygens (including phenoxy) is 1. The molecule has 1 aromatic carbocycles. The van der Waals surface area contributed by atoms with Crippen molar-refractivity contribution in [1.82, 2.24) is 15.5 Å². The van der Waals surface area contributed by atoms with Crippen LogP contribution >= 0.6 is 24.0 Å². The van der Waals surface area contributed by atoms with E-state index in [1.54, 1.807) is 0 Å². The molecule has 2 aliphatic rings. The highest BCUT2D eigenvalue weighted by atomic mass is 127. The van der Waals surface area contributed by atoms with E-state index in [-0.39, 0.29) is 35.4 Å². The zero-order valence-corrected chi connectivity index (χ0v) is 20.8. The number of hydrogen-bond acceptors (Lipinski definition) is 4. The fourth-order valence-corrected chi connectivity index (χ4v) is 3.80. The number of benzene rings is 1. The van der Waals surface area contributed by atoms with Crippen LogP contribution in [0.5, 0.6) is 0 Å². The van der Waals surface area contributed by atoms with Crippen molar-refractivity contribution < 1.29 is 9.53 Å². The van der Waals surface area contributed by atoms with Gasteiger partial charge >= 0.3 is 0 Å². The van der Waals surface area contributed by atoms with Crippen LogP contribution in [0.25, 0.3) is 0 Å². The van der Waals surface area contributed by atoms with Crippen LogP contribution < -0.4 is 15.5 Å². The van der Waals surface area contributed by atoms with Gasteiger partial charge in [0.25, 0.3) is 0 Å². The van der Waals surface area contributed by atoms with Crippen LogP contribution in [0, 0.1) is 0 Å². The van der Waals surface area contributed by atoms with Crippen LogP contribution in [0.1, 0.15) is 39.2 Å². The highest BCUT2D eigenvalue weighted by Crippen LogP contribution is 2.21. The van der Waals surface area contributed by atoms with Crippen molar-refractivity contribution in [2.75, 3.05) is 50.8 Å². The highest BCUT2D eigenvalue weighted by Gasteiger charge is 2.28. The first-order valence-electron chi connectivity index (χ1n) is 10.7. The summed E-state index contributed by atoms with van der Waals surface area (Å²) < 4.78 is 5.47. The van der Waals surface area contributed by atoms with Gasteiger partial charge in [0.1, 0.15) is 0 Å². The average Bonchev–Trinajstić information content (AvgIpc) is 3.17. The van der Waals surface area contributed by atoms with Crippen molar-refractivity contribution in [3.8, 4) is 0 Å². The SMILES string of the molecule is CCNC(=NCc1ccc(N2CCCC2=O)cc1)NCC(C)(C)N1CCOCC1.I. The molecule has 0 atom stereocenters. The van der Waals surface area contributed by atoms with E-state index in [0.717, 1.165) is 69.6 Å². The number of carbonyl (C=O) groups excluding carboxylic acids is 1. The Kier molecular flexibility index (Phi) is 9.83. The van der Waals surface area contributed by atoms with Gasteiger partial charge in [-0.2, -0.15) is 0 Å². The Morgan fingerprint density at radius 2 is 1.83 bits per heavy atom. The quantitative estimate of drug-likeness (QED) is 0.323. The van der Waals surface area contributed by atoms with E-state index in [2.05, 4.69) is 48.4 Å². The second-order valence-corrected chi connectivity index (χ2v) is 8.28. The lowest BCUT2D eigenvalue weighted by molar-refractivity contribution is -0.117. The van der Waals surface area contributed by atoms with Gasteiger partial charge in [-0.1, -0.05) is 12.1 Å². The van der Waals surface area contributed by atoms with Crippen molar-refractivity contribution >= 4 is 41.5 Å². The maximum absolute atomic E-state index is 11.9. The Morgan fingerprint density at radius 3 is 2.43 bits per heavy atom. The number of morpholine rings is 1. The maximum atomic E-state index is 11.9. The Balaban J connectivity index is 0.00000320. The van der Waals surface area contributed by atoms with E-state index < -0.39 is 0 Å². The summed E-state index contributed by atoms with van der Waals surface area (Å²) in [6, 6.07) is 8.17. The predicted octanol–water partition coefficient (Wildman–Crippen LogP) is 2.60. The van der Waals surface area contributed by atoms with Crippen LogP contribution in [0.3, 0.4) is 0 Å². The Morgan fingerprint density at radius 1 is 1.13 bits per heavy atom. The van der Waals surface area contributed by atoms with E-state index in [1.807, 2.05) is 17.0 Å². The van der Waals surface area contributed by atoms with Gasteiger partial charge in [0.15, 0.2) is 5.96 Å². The number of anilines is 1. The second-order valence-electron chi connectivity index (χ2n) is 8.28. The van der Waals surface area contributed by atoms with Crippen LogP contribution in [0.15, 0.2) is 29.3 Å². The zero-order valence-electron chi connectivity index (χ0n) is 18.4. The molecule has 0 aromatic heterocycles. The first kappa shape index (κ1) is 24.9. The van der Waals surface area contributed by atoms with Gasteiger partial charge < -0.3 is 20.3 Å². The molecular weight excluding hydrogens is 493 g/mol. The normalized spacial score (nSPS) is 18.3. The Bertz CT molecular complexity index is 702. The number of halogens is 1. The molecule has 3 rings (SSSR count). The highest BCUT2D eigenvalue weighted by molar-refractivity contribution is 14.0. The molecule has 1 aromatic rings. The van der Waals surface area contributed by atoms with Crippen LogP contribution in [-0.2, 0) is 16.1 Å². The average molecular weight is 529 g/mol.